The van der Waals surface area contributed by atoms with Gasteiger partial charge in [-0.15, -0.1) is 0 Å². The first kappa shape index (κ1) is 17.7. The average molecular weight is 373 g/mol. The molecule has 6 N–H and O–H groups in total. The third-order valence-electron chi connectivity index (χ3n) is 6.13. The molecule has 0 bridgehead atoms. The van der Waals surface area contributed by atoms with Gasteiger partial charge in [-0.05, 0) is 36.8 Å². The van der Waals surface area contributed by atoms with E-state index in [0.29, 0.717) is 12.0 Å². The molecule has 4 rings (SSSR count). The number of primary amides is 1. The van der Waals surface area contributed by atoms with Crippen molar-refractivity contribution < 1.29 is 34.8 Å². The molecule has 0 aromatic heterocycles. The summed E-state index contributed by atoms with van der Waals surface area (Å²) < 4.78 is 0. The average Bonchev–Trinajstić information content (AvgIpc) is 2.57. The summed E-state index contributed by atoms with van der Waals surface area (Å²) in [6.45, 7) is 0. The number of allylic oxidation sites excluding steroid dienone is 1. The molecule has 1 aromatic rings. The zero-order valence-electron chi connectivity index (χ0n) is 14.3. The van der Waals surface area contributed by atoms with Gasteiger partial charge in [0.25, 0.3) is 0 Å². The molecular weight excluding hydrogens is 354 g/mol. The number of amides is 1. The van der Waals surface area contributed by atoms with E-state index in [9.17, 15) is 34.8 Å². The Bertz CT molecular complexity index is 921. The van der Waals surface area contributed by atoms with Crippen molar-refractivity contribution in [2.75, 3.05) is 0 Å². The van der Waals surface area contributed by atoms with Crippen molar-refractivity contribution in [3.63, 3.8) is 0 Å². The van der Waals surface area contributed by atoms with E-state index in [1.165, 1.54) is 6.07 Å². The first-order valence-electron chi connectivity index (χ1n) is 8.71. The van der Waals surface area contributed by atoms with Crippen LogP contribution in [0.25, 0.3) is 0 Å². The van der Waals surface area contributed by atoms with E-state index in [0.717, 1.165) is 0 Å². The van der Waals surface area contributed by atoms with Crippen LogP contribution < -0.4 is 5.73 Å². The predicted octanol–water partition coefficient (Wildman–Crippen LogP) is -0.255. The molecule has 8 nitrogen and oxygen atoms in total. The fraction of sp³-hybridized carbons (Fsp3) is 0.421. The monoisotopic (exact) mass is 373 g/mol. The number of ketones is 2. The molecule has 0 saturated heterocycles. The molecule has 5 atom stereocenters. The summed E-state index contributed by atoms with van der Waals surface area (Å²) in [7, 11) is 0. The van der Waals surface area contributed by atoms with Gasteiger partial charge in [0.1, 0.15) is 17.4 Å². The van der Waals surface area contributed by atoms with Crippen LogP contribution in [0.4, 0.5) is 0 Å². The molecular formula is C19H19NO7. The van der Waals surface area contributed by atoms with Crippen LogP contribution in [-0.4, -0.2) is 49.6 Å². The Hall–Kier alpha value is -2.71. The fourth-order valence-corrected chi connectivity index (χ4v) is 4.86. The predicted molar refractivity (Wildman–Crippen MR) is 90.7 cm³/mol. The number of carbonyl (C=O) groups excluding carboxylic acids is 3. The smallest absolute Gasteiger partial charge is 0.230 e. The molecule has 0 aliphatic heterocycles. The lowest BCUT2D eigenvalue weighted by atomic mass is 9.58. The van der Waals surface area contributed by atoms with Gasteiger partial charge in [0.05, 0.1) is 11.7 Å². The van der Waals surface area contributed by atoms with Gasteiger partial charge in [-0.3, -0.25) is 14.4 Å². The number of Topliss-reactive ketones (excluding diaryl/α,β-unsaturated/α-hetero) is 2. The minimum Gasteiger partial charge on any atom is -0.508 e. The topological polar surface area (TPSA) is 158 Å². The summed E-state index contributed by atoms with van der Waals surface area (Å²) in [5.41, 5.74) is 3.25. The third-order valence-corrected chi connectivity index (χ3v) is 6.13. The van der Waals surface area contributed by atoms with Crippen molar-refractivity contribution in [1.82, 2.24) is 0 Å². The molecule has 1 aromatic carbocycles. The van der Waals surface area contributed by atoms with Crippen LogP contribution in [0.2, 0.25) is 0 Å². The van der Waals surface area contributed by atoms with Crippen LogP contribution >= 0.6 is 0 Å². The summed E-state index contributed by atoms with van der Waals surface area (Å²) in [4.78, 5) is 37.3. The summed E-state index contributed by atoms with van der Waals surface area (Å²) in [6, 6.07) is 4.66. The van der Waals surface area contributed by atoms with Crippen LogP contribution in [-0.2, 0) is 16.0 Å². The molecule has 1 saturated carbocycles. The summed E-state index contributed by atoms with van der Waals surface area (Å²) in [5.74, 6) is -6.88. The molecule has 0 heterocycles. The van der Waals surface area contributed by atoms with E-state index < -0.39 is 52.7 Å². The molecule has 5 unspecified atom stereocenters. The van der Waals surface area contributed by atoms with Crippen molar-refractivity contribution in [3.8, 4) is 5.75 Å². The van der Waals surface area contributed by atoms with Gasteiger partial charge in [0.15, 0.2) is 17.2 Å². The zero-order valence-corrected chi connectivity index (χ0v) is 14.3. The maximum absolute atomic E-state index is 12.9. The lowest BCUT2D eigenvalue weighted by Gasteiger charge is -2.48. The Labute approximate surface area is 153 Å². The molecule has 3 aliphatic carbocycles. The van der Waals surface area contributed by atoms with Gasteiger partial charge in [-0.25, -0.2) is 0 Å². The molecule has 3 aliphatic rings. The summed E-state index contributed by atoms with van der Waals surface area (Å²) in [6.07, 6.45) is -0.953. The number of fused-ring (bicyclic) bond motifs is 3. The third kappa shape index (κ3) is 2.20. The minimum absolute atomic E-state index is 0.0343. The Morgan fingerprint density at radius 2 is 1.89 bits per heavy atom. The van der Waals surface area contributed by atoms with Crippen molar-refractivity contribution in [2.45, 2.75) is 31.0 Å². The van der Waals surface area contributed by atoms with Gasteiger partial charge in [0, 0.05) is 11.5 Å². The molecule has 142 valence electrons. The highest BCUT2D eigenvalue weighted by Gasteiger charge is 2.62. The quantitative estimate of drug-likeness (QED) is 0.424. The first-order chi connectivity index (χ1) is 12.7. The largest absolute Gasteiger partial charge is 0.508 e. The van der Waals surface area contributed by atoms with Crippen molar-refractivity contribution in [3.05, 3.63) is 40.7 Å². The van der Waals surface area contributed by atoms with E-state index in [1.54, 1.807) is 12.1 Å². The summed E-state index contributed by atoms with van der Waals surface area (Å²) in [5, 5.41) is 42.0. The molecule has 0 radical (unpaired) electrons. The Morgan fingerprint density at radius 3 is 2.56 bits per heavy atom. The van der Waals surface area contributed by atoms with Gasteiger partial charge in [0.2, 0.25) is 5.91 Å². The maximum atomic E-state index is 12.9. The number of hydrogen-bond acceptors (Lipinski definition) is 7. The van der Waals surface area contributed by atoms with Crippen LogP contribution in [0.1, 0.15) is 28.8 Å². The number of phenolic OH excluding ortho intramolecular Hbond substituents is 1. The molecule has 0 spiro atoms. The van der Waals surface area contributed by atoms with Crippen LogP contribution in [0.3, 0.4) is 0 Å². The Kier molecular flexibility index (Phi) is 3.70. The van der Waals surface area contributed by atoms with Gasteiger partial charge in [-0.2, -0.15) is 0 Å². The molecule has 1 amide bonds. The highest BCUT2D eigenvalue weighted by molar-refractivity contribution is 6.15. The number of aliphatic hydroxyl groups excluding tert-OH is 2. The Balaban J connectivity index is 1.88. The Morgan fingerprint density at radius 1 is 1.19 bits per heavy atom. The lowest BCUT2D eigenvalue weighted by Crippen LogP contribution is -2.63. The number of aromatic hydroxyl groups is 1. The van der Waals surface area contributed by atoms with Crippen molar-refractivity contribution in [2.24, 2.45) is 23.5 Å². The number of nitrogens with two attached hydrogens (primary N) is 1. The molecule has 8 heteroatoms. The zero-order chi connectivity index (χ0) is 19.7. The summed E-state index contributed by atoms with van der Waals surface area (Å²) >= 11 is 0. The fourth-order valence-electron chi connectivity index (χ4n) is 4.86. The second-order valence-corrected chi connectivity index (χ2v) is 7.55. The SMILES string of the molecule is NC(=O)C1C(=O)C2(O)C(O)=C3C(=O)c4c(O)cccc4CC3CC2CC1O. The van der Waals surface area contributed by atoms with E-state index in [4.69, 9.17) is 5.73 Å². The number of carbonyl (C=O) groups is 3. The minimum atomic E-state index is -2.46. The standard InChI is InChI=1S/C19H19NO7/c20-18(26)14-11(22)6-9-5-8-4-7-2-1-3-10(21)12(7)15(23)13(8)16(24)19(9,27)17(14)25/h1-3,8-9,11,14,21-22,24,27H,4-6H2,(H2,20,26). The number of hydrogen-bond donors (Lipinski definition) is 5. The van der Waals surface area contributed by atoms with Crippen LogP contribution in [0.15, 0.2) is 29.5 Å². The first-order valence-corrected chi connectivity index (χ1v) is 8.71. The highest BCUT2D eigenvalue weighted by atomic mass is 16.3. The second-order valence-electron chi connectivity index (χ2n) is 7.55. The molecule has 27 heavy (non-hydrogen) atoms. The molecule has 1 fully saturated rings. The number of phenols is 1. The second kappa shape index (κ2) is 5.64. The van der Waals surface area contributed by atoms with E-state index in [-0.39, 0.29) is 29.7 Å². The normalized spacial score (nSPS) is 35.3. The highest BCUT2D eigenvalue weighted by Crippen LogP contribution is 2.51. The van der Waals surface area contributed by atoms with E-state index in [1.807, 2.05) is 0 Å². The van der Waals surface area contributed by atoms with Gasteiger partial charge >= 0.3 is 0 Å². The number of aliphatic hydroxyl groups is 3. The maximum Gasteiger partial charge on any atom is 0.230 e. The number of benzene rings is 1. The van der Waals surface area contributed by atoms with E-state index in [2.05, 4.69) is 0 Å². The van der Waals surface area contributed by atoms with Gasteiger partial charge in [-0.1, -0.05) is 12.1 Å². The van der Waals surface area contributed by atoms with E-state index >= 15 is 0 Å². The van der Waals surface area contributed by atoms with Crippen LogP contribution in [0, 0.1) is 17.8 Å². The van der Waals surface area contributed by atoms with Gasteiger partial charge < -0.3 is 26.2 Å². The van der Waals surface area contributed by atoms with Crippen molar-refractivity contribution in [1.29, 1.82) is 0 Å². The van der Waals surface area contributed by atoms with Crippen molar-refractivity contribution >= 4 is 17.5 Å². The number of rotatable bonds is 1. The lowest BCUT2D eigenvalue weighted by molar-refractivity contribution is -0.167. The van der Waals surface area contributed by atoms with Crippen LogP contribution in [0.5, 0.6) is 5.75 Å².